The standard InChI is InChI=1S/C17H31NO/c1-2-12-18-17(14-16-11-8-13-19-16)15-9-6-4-3-5-7-10-15/h9,16-18H,2-8,10-14H2,1H3. The lowest BCUT2D eigenvalue weighted by molar-refractivity contribution is 0.0974. The van der Waals surface area contributed by atoms with E-state index >= 15 is 0 Å². The van der Waals surface area contributed by atoms with Gasteiger partial charge in [0.2, 0.25) is 0 Å². The molecule has 2 aliphatic rings. The van der Waals surface area contributed by atoms with Gasteiger partial charge in [0.25, 0.3) is 0 Å². The van der Waals surface area contributed by atoms with Crippen LogP contribution in [-0.2, 0) is 4.74 Å². The van der Waals surface area contributed by atoms with Gasteiger partial charge in [0.1, 0.15) is 0 Å². The average Bonchev–Trinajstić information content (AvgIpc) is 2.87. The van der Waals surface area contributed by atoms with E-state index in [4.69, 9.17) is 4.74 Å². The largest absolute Gasteiger partial charge is 0.378 e. The number of hydrogen-bond donors (Lipinski definition) is 1. The monoisotopic (exact) mass is 265 g/mol. The second-order valence-corrected chi connectivity index (χ2v) is 6.11. The van der Waals surface area contributed by atoms with E-state index in [0.717, 1.165) is 13.2 Å². The molecule has 0 aromatic heterocycles. The van der Waals surface area contributed by atoms with Crippen LogP contribution in [0.2, 0.25) is 0 Å². The zero-order valence-electron chi connectivity index (χ0n) is 12.6. The molecule has 1 heterocycles. The van der Waals surface area contributed by atoms with Gasteiger partial charge in [-0.2, -0.15) is 0 Å². The molecule has 0 spiro atoms. The maximum atomic E-state index is 5.84. The zero-order chi connectivity index (χ0) is 13.3. The second-order valence-electron chi connectivity index (χ2n) is 6.11. The Morgan fingerprint density at radius 1 is 1.26 bits per heavy atom. The van der Waals surface area contributed by atoms with Crippen molar-refractivity contribution in [3.63, 3.8) is 0 Å². The maximum Gasteiger partial charge on any atom is 0.0594 e. The van der Waals surface area contributed by atoms with E-state index in [2.05, 4.69) is 18.3 Å². The minimum atomic E-state index is 0.501. The third-order valence-electron chi connectivity index (χ3n) is 4.44. The van der Waals surface area contributed by atoms with Gasteiger partial charge in [0.05, 0.1) is 6.10 Å². The van der Waals surface area contributed by atoms with Crippen molar-refractivity contribution in [1.82, 2.24) is 5.32 Å². The van der Waals surface area contributed by atoms with Gasteiger partial charge in [-0.25, -0.2) is 0 Å². The molecule has 0 bridgehead atoms. The van der Waals surface area contributed by atoms with Crippen molar-refractivity contribution >= 4 is 0 Å². The van der Waals surface area contributed by atoms with Crippen LogP contribution in [0.5, 0.6) is 0 Å². The fraction of sp³-hybridized carbons (Fsp3) is 0.882. The second kappa shape index (κ2) is 8.76. The molecule has 2 nitrogen and oxygen atoms in total. The highest BCUT2D eigenvalue weighted by Crippen LogP contribution is 2.25. The van der Waals surface area contributed by atoms with Crippen LogP contribution in [-0.4, -0.2) is 25.3 Å². The van der Waals surface area contributed by atoms with Crippen molar-refractivity contribution in [1.29, 1.82) is 0 Å². The summed E-state index contributed by atoms with van der Waals surface area (Å²) in [5, 5.41) is 3.77. The van der Waals surface area contributed by atoms with Gasteiger partial charge in [0.15, 0.2) is 0 Å². The lowest BCUT2D eigenvalue weighted by atomic mass is 9.91. The minimum absolute atomic E-state index is 0.501. The number of rotatable bonds is 6. The van der Waals surface area contributed by atoms with Crippen molar-refractivity contribution in [2.75, 3.05) is 13.2 Å². The number of allylic oxidation sites excluding steroid dienone is 1. The molecule has 1 N–H and O–H groups in total. The maximum absolute atomic E-state index is 5.84. The quantitative estimate of drug-likeness (QED) is 0.727. The van der Waals surface area contributed by atoms with Crippen LogP contribution in [0.4, 0.5) is 0 Å². The van der Waals surface area contributed by atoms with Crippen LogP contribution in [0.15, 0.2) is 11.6 Å². The third-order valence-corrected chi connectivity index (χ3v) is 4.44. The molecule has 1 aliphatic heterocycles. The molecule has 2 heteroatoms. The number of nitrogens with one attached hydrogen (secondary N) is 1. The van der Waals surface area contributed by atoms with E-state index in [9.17, 15) is 0 Å². The Labute approximate surface area is 119 Å². The first kappa shape index (κ1) is 15.1. The molecule has 0 saturated carbocycles. The Hall–Kier alpha value is -0.340. The number of ether oxygens (including phenoxy) is 1. The highest BCUT2D eigenvalue weighted by molar-refractivity contribution is 5.12. The van der Waals surface area contributed by atoms with E-state index in [0.29, 0.717) is 12.1 Å². The fourth-order valence-electron chi connectivity index (χ4n) is 3.31. The van der Waals surface area contributed by atoms with Crippen LogP contribution >= 0.6 is 0 Å². The third kappa shape index (κ3) is 5.27. The van der Waals surface area contributed by atoms with Crippen LogP contribution in [0, 0.1) is 0 Å². The van der Waals surface area contributed by atoms with Gasteiger partial charge in [-0.15, -0.1) is 0 Å². The lowest BCUT2D eigenvalue weighted by Crippen LogP contribution is -2.35. The van der Waals surface area contributed by atoms with Gasteiger partial charge in [0, 0.05) is 12.6 Å². The molecule has 2 unspecified atom stereocenters. The molecule has 2 atom stereocenters. The molecule has 0 aromatic rings. The van der Waals surface area contributed by atoms with Gasteiger partial charge >= 0.3 is 0 Å². The first-order valence-corrected chi connectivity index (χ1v) is 8.44. The summed E-state index contributed by atoms with van der Waals surface area (Å²) in [7, 11) is 0. The molecule has 0 aromatic carbocycles. The Kier molecular flexibility index (Phi) is 6.94. The molecule has 110 valence electrons. The highest BCUT2D eigenvalue weighted by atomic mass is 16.5. The van der Waals surface area contributed by atoms with E-state index in [-0.39, 0.29) is 0 Å². The smallest absolute Gasteiger partial charge is 0.0594 e. The molecule has 1 saturated heterocycles. The number of hydrogen-bond acceptors (Lipinski definition) is 2. The van der Waals surface area contributed by atoms with Crippen LogP contribution in [0.1, 0.15) is 71.1 Å². The topological polar surface area (TPSA) is 21.3 Å². The first-order chi connectivity index (χ1) is 9.40. The summed E-state index contributed by atoms with van der Waals surface area (Å²) in [5.74, 6) is 0. The normalized spacial score (nSPS) is 26.6. The zero-order valence-corrected chi connectivity index (χ0v) is 12.6. The van der Waals surface area contributed by atoms with Crippen molar-refractivity contribution < 1.29 is 4.74 Å². The summed E-state index contributed by atoms with van der Waals surface area (Å²) in [6.45, 7) is 4.36. The van der Waals surface area contributed by atoms with Gasteiger partial charge < -0.3 is 10.1 Å². The summed E-state index contributed by atoms with van der Waals surface area (Å²) < 4.78 is 5.84. The molecule has 1 aliphatic carbocycles. The SMILES string of the molecule is CCCNC(CC1CCCO1)C1=CCCCCCC1. The van der Waals surface area contributed by atoms with E-state index in [1.165, 1.54) is 64.2 Å². The summed E-state index contributed by atoms with van der Waals surface area (Å²) in [6.07, 6.45) is 16.1. The molecular weight excluding hydrogens is 234 g/mol. The van der Waals surface area contributed by atoms with Crippen LogP contribution in [0.3, 0.4) is 0 Å². The van der Waals surface area contributed by atoms with Crippen molar-refractivity contribution in [2.45, 2.75) is 83.3 Å². The summed E-state index contributed by atoms with van der Waals surface area (Å²) in [5.41, 5.74) is 1.67. The summed E-state index contributed by atoms with van der Waals surface area (Å²) >= 11 is 0. The van der Waals surface area contributed by atoms with E-state index in [1.54, 1.807) is 5.57 Å². The fourth-order valence-corrected chi connectivity index (χ4v) is 3.31. The molecular formula is C17H31NO. The Morgan fingerprint density at radius 2 is 2.16 bits per heavy atom. The summed E-state index contributed by atoms with van der Waals surface area (Å²) in [4.78, 5) is 0. The van der Waals surface area contributed by atoms with Crippen molar-refractivity contribution in [2.24, 2.45) is 0 Å². The first-order valence-electron chi connectivity index (χ1n) is 8.44. The Balaban J connectivity index is 1.92. The van der Waals surface area contributed by atoms with E-state index < -0.39 is 0 Å². The van der Waals surface area contributed by atoms with E-state index in [1.807, 2.05) is 0 Å². The molecule has 0 radical (unpaired) electrons. The van der Waals surface area contributed by atoms with Gasteiger partial charge in [-0.3, -0.25) is 0 Å². The molecule has 19 heavy (non-hydrogen) atoms. The molecule has 1 fully saturated rings. The predicted molar refractivity (Wildman–Crippen MR) is 81.5 cm³/mol. The van der Waals surface area contributed by atoms with Crippen LogP contribution < -0.4 is 5.32 Å². The lowest BCUT2D eigenvalue weighted by Gasteiger charge is -2.26. The molecule has 0 amide bonds. The van der Waals surface area contributed by atoms with Crippen molar-refractivity contribution in [3.8, 4) is 0 Å². The van der Waals surface area contributed by atoms with Gasteiger partial charge in [-0.1, -0.05) is 31.4 Å². The van der Waals surface area contributed by atoms with Crippen LogP contribution in [0.25, 0.3) is 0 Å². The minimum Gasteiger partial charge on any atom is -0.378 e. The average molecular weight is 265 g/mol. The Bertz CT molecular complexity index is 268. The predicted octanol–water partition coefficient (Wildman–Crippen LogP) is 4.20. The molecule has 2 rings (SSSR count). The summed E-state index contributed by atoms with van der Waals surface area (Å²) in [6, 6.07) is 0.571. The highest BCUT2D eigenvalue weighted by Gasteiger charge is 2.22. The Morgan fingerprint density at radius 3 is 2.95 bits per heavy atom. The van der Waals surface area contributed by atoms with Gasteiger partial charge in [-0.05, 0) is 57.9 Å². The van der Waals surface area contributed by atoms with Crippen molar-refractivity contribution in [3.05, 3.63) is 11.6 Å².